The third-order valence-corrected chi connectivity index (χ3v) is 5.39. The first kappa shape index (κ1) is 19.8. The van der Waals surface area contributed by atoms with Gasteiger partial charge in [0, 0.05) is 36.5 Å². The largest absolute Gasteiger partial charge is 0.356 e. The highest BCUT2D eigenvalue weighted by Crippen LogP contribution is 2.21. The fourth-order valence-electron chi connectivity index (χ4n) is 3.38. The van der Waals surface area contributed by atoms with Crippen LogP contribution in [0, 0.1) is 11.8 Å². The molecule has 5 heteroatoms. The number of hydrogen-bond donors (Lipinski definition) is 1. The van der Waals surface area contributed by atoms with Crippen LogP contribution in [0.4, 0.5) is 0 Å². The summed E-state index contributed by atoms with van der Waals surface area (Å²) >= 11 is 5.87. The fraction of sp³-hybridized carbons (Fsp3) is 0.600. The molecule has 2 rings (SSSR count). The van der Waals surface area contributed by atoms with Crippen molar-refractivity contribution in [3.63, 3.8) is 0 Å². The van der Waals surface area contributed by atoms with Crippen molar-refractivity contribution in [3.05, 3.63) is 34.9 Å². The van der Waals surface area contributed by atoms with Crippen LogP contribution in [0.5, 0.6) is 0 Å². The van der Waals surface area contributed by atoms with Crippen LogP contribution in [0.1, 0.15) is 45.1 Å². The summed E-state index contributed by atoms with van der Waals surface area (Å²) in [7, 11) is 0. The molecule has 138 valence electrons. The van der Waals surface area contributed by atoms with Gasteiger partial charge in [-0.1, -0.05) is 37.6 Å². The van der Waals surface area contributed by atoms with Crippen molar-refractivity contribution in [2.45, 2.75) is 46.0 Å². The molecule has 25 heavy (non-hydrogen) atoms. The number of carbonyl (C=O) groups excluding carboxylic acids is 2. The fourth-order valence-corrected chi connectivity index (χ4v) is 3.51. The molecule has 2 amide bonds. The van der Waals surface area contributed by atoms with Crippen LogP contribution in [0.3, 0.4) is 0 Å². The Morgan fingerprint density at radius 3 is 2.32 bits per heavy atom. The van der Waals surface area contributed by atoms with Gasteiger partial charge in [-0.25, -0.2) is 0 Å². The molecule has 0 unspecified atom stereocenters. The molecule has 1 heterocycles. The number of halogens is 1. The van der Waals surface area contributed by atoms with Gasteiger partial charge in [0.05, 0.1) is 0 Å². The highest BCUT2D eigenvalue weighted by atomic mass is 35.5. The molecule has 0 spiro atoms. The van der Waals surface area contributed by atoms with Gasteiger partial charge in [0.2, 0.25) is 11.8 Å². The molecule has 1 saturated heterocycles. The average molecular weight is 365 g/mol. The minimum absolute atomic E-state index is 0.0240. The van der Waals surface area contributed by atoms with E-state index in [1.165, 1.54) is 0 Å². The SMILES string of the molecule is CCC(CC)C(=O)N1CCC(C(=O)NCCc2ccc(Cl)cc2)CC1. The molecule has 1 N–H and O–H groups in total. The molecule has 1 aromatic carbocycles. The van der Waals surface area contributed by atoms with E-state index in [2.05, 4.69) is 19.2 Å². The molecule has 1 fully saturated rings. The second-order valence-electron chi connectivity index (χ2n) is 6.78. The standard InChI is InChI=1S/C20H29ClN2O2/c1-3-16(4-2)20(25)23-13-10-17(11-14-23)19(24)22-12-9-15-5-7-18(21)8-6-15/h5-8,16-17H,3-4,9-14H2,1-2H3,(H,22,24). The van der Waals surface area contributed by atoms with Crippen LogP contribution in [-0.2, 0) is 16.0 Å². The zero-order valence-electron chi connectivity index (χ0n) is 15.3. The summed E-state index contributed by atoms with van der Waals surface area (Å²) < 4.78 is 0. The number of piperidine rings is 1. The molecule has 0 atom stereocenters. The van der Waals surface area contributed by atoms with E-state index in [4.69, 9.17) is 11.6 Å². The lowest BCUT2D eigenvalue weighted by Gasteiger charge is -2.33. The summed E-state index contributed by atoms with van der Waals surface area (Å²) in [5.41, 5.74) is 1.16. The Morgan fingerprint density at radius 1 is 1.16 bits per heavy atom. The van der Waals surface area contributed by atoms with Crippen LogP contribution >= 0.6 is 11.6 Å². The summed E-state index contributed by atoms with van der Waals surface area (Å²) in [6.07, 6.45) is 4.10. The second-order valence-corrected chi connectivity index (χ2v) is 7.22. The van der Waals surface area contributed by atoms with Crippen LogP contribution in [0.15, 0.2) is 24.3 Å². The highest BCUT2D eigenvalue weighted by molar-refractivity contribution is 6.30. The van der Waals surface area contributed by atoms with Crippen molar-refractivity contribution in [2.24, 2.45) is 11.8 Å². The number of hydrogen-bond acceptors (Lipinski definition) is 2. The van der Waals surface area contributed by atoms with Gasteiger partial charge >= 0.3 is 0 Å². The molecule has 4 nitrogen and oxygen atoms in total. The lowest BCUT2D eigenvalue weighted by Crippen LogP contribution is -2.45. The Balaban J connectivity index is 1.72. The van der Waals surface area contributed by atoms with Gasteiger partial charge in [-0.15, -0.1) is 0 Å². The number of amides is 2. The Labute approximate surface area is 155 Å². The van der Waals surface area contributed by atoms with E-state index in [9.17, 15) is 9.59 Å². The van der Waals surface area contributed by atoms with Crippen LogP contribution in [0.25, 0.3) is 0 Å². The lowest BCUT2D eigenvalue weighted by molar-refractivity contribution is -0.139. The van der Waals surface area contributed by atoms with Gasteiger partial charge in [-0.2, -0.15) is 0 Å². The van der Waals surface area contributed by atoms with E-state index in [1.807, 2.05) is 29.2 Å². The smallest absolute Gasteiger partial charge is 0.225 e. The van der Waals surface area contributed by atoms with Gasteiger partial charge < -0.3 is 10.2 Å². The van der Waals surface area contributed by atoms with Crippen molar-refractivity contribution in [1.29, 1.82) is 0 Å². The van der Waals surface area contributed by atoms with Crippen molar-refractivity contribution in [3.8, 4) is 0 Å². The van der Waals surface area contributed by atoms with E-state index >= 15 is 0 Å². The first-order valence-electron chi connectivity index (χ1n) is 9.36. The van der Waals surface area contributed by atoms with Gasteiger partial charge in [-0.05, 0) is 49.8 Å². The first-order chi connectivity index (χ1) is 12.0. The van der Waals surface area contributed by atoms with E-state index in [-0.39, 0.29) is 23.7 Å². The van der Waals surface area contributed by atoms with Crippen LogP contribution < -0.4 is 5.32 Å². The summed E-state index contributed by atoms with van der Waals surface area (Å²) in [6.45, 7) is 6.16. The van der Waals surface area contributed by atoms with Gasteiger partial charge in [0.15, 0.2) is 0 Å². The maximum atomic E-state index is 12.4. The maximum Gasteiger partial charge on any atom is 0.225 e. The van der Waals surface area contributed by atoms with E-state index in [0.717, 1.165) is 42.7 Å². The molecule has 0 bridgehead atoms. The minimum atomic E-state index is 0.0240. The summed E-state index contributed by atoms with van der Waals surface area (Å²) in [5.74, 6) is 0.524. The van der Waals surface area contributed by atoms with Gasteiger partial charge in [-0.3, -0.25) is 9.59 Å². The molecule has 1 aliphatic heterocycles. The normalized spacial score (nSPS) is 15.4. The number of nitrogens with one attached hydrogen (secondary N) is 1. The van der Waals surface area contributed by atoms with Gasteiger partial charge in [0.25, 0.3) is 0 Å². The summed E-state index contributed by atoms with van der Waals surface area (Å²) in [5, 5.41) is 3.75. The van der Waals surface area contributed by atoms with Gasteiger partial charge in [0.1, 0.15) is 0 Å². The molecule has 1 aliphatic rings. The molecule has 0 aromatic heterocycles. The topological polar surface area (TPSA) is 49.4 Å². The number of likely N-dealkylation sites (tertiary alicyclic amines) is 1. The number of benzene rings is 1. The van der Waals surface area contributed by atoms with Crippen LogP contribution in [-0.4, -0.2) is 36.3 Å². The summed E-state index contributed by atoms with van der Waals surface area (Å²) in [4.78, 5) is 26.7. The second kappa shape index (κ2) is 9.81. The third-order valence-electron chi connectivity index (χ3n) is 5.14. The molecular weight excluding hydrogens is 336 g/mol. The number of rotatable bonds is 7. The average Bonchev–Trinajstić information content (AvgIpc) is 2.64. The maximum absolute atomic E-state index is 12.4. The lowest BCUT2D eigenvalue weighted by atomic mass is 9.93. The van der Waals surface area contributed by atoms with Crippen LogP contribution in [0.2, 0.25) is 5.02 Å². The Hall–Kier alpha value is -1.55. The van der Waals surface area contributed by atoms with E-state index in [1.54, 1.807) is 0 Å². The zero-order chi connectivity index (χ0) is 18.2. The monoisotopic (exact) mass is 364 g/mol. The molecule has 1 aromatic rings. The number of carbonyl (C=O) groups is 2. The van der Waals surface area contributed by atoms with Crippen molar-refractivity contribution in [1.82, 2.24) is 10.2 Å². The van der Waals surface area contributed by atoms with E-state index < -0.39 is 0 Å². The quantitative estimate of drug-likeness (QED) is 0.802. The Morgan fingerprint density at radius 2 is 1.76 bits per heavy atom. The third kappa shape index (κ3) is 5.74. The van der Waals surface area contributed by atoms with E-state index in [0.29, 0.717) is 19.6 Å². The Bertz CT molecular complexity index is 562. The molecular formula is C20H29ClN2O2. The zero-order valence-corrected chi connectivity index (χ0v) is 16.0. The van der Waals surface area contributed by atoms with Crippen molar-refractivity contribution < 1.29 is 9.59 Å². The highest BCUT2D eigenvalue weighted by Gasteiger charge is 2.29. The Kier molecular flexibility index (Phi) is 7.76. The predicted octanol–water partition coefficient (Wildman–Crippen LogP) is 3.67. The predicted molar refractivity (Wildman–Crippen MR) is 102 cm³/mol. The van der Waals surface area contributed by atoms with Crippen molar-refractivity contribution >= 4 is 23.4 Å². The molecule has 0 aliphatic carbocycles. The first-order valence-corrected chi connectivity index (χ1v) is 9.73. The van der Waals surface area contributed by atoms with Crippen molar-refractivity contribution in [2.75, 3.05) is 19.6 Å². The molecule has 0 radical (unpaired) electrons. The molecule has 0 saturated carbocycles. The number of nitrogens with zero attached hydrogens (tertiary/aromatic N) is 1. The minimum Gasteiger partial charge on any atom is -0.356 e. The summed E-state index contributed by atoms with van der Waals surface area (Å²) in [6, 6.07) is 7.70.